The lowest BCUT2D eigenvalue weighted by molar-refractivity contribution is 0.467. The van der Waals surface area contributed by atoms with Crippen molar-refractivity contribution in [2.45, 2.75) is 11.3 Å². The Bertz CT molecular complexity index is 1320. The van der Waals surface area contributed by atoms with Crippen LogP contribution in [0.4, 0.5) is 0 Å². The Labute approximate surface area is 214 Å². The fourth-order valence-electron chi connectivity index (χ4n) is 5.20. The van der Waals surface area contributed by atoms with Crippen molar-refractivity contribution in [1.29, 1.82) is 0 Å². The van der Waals surface area contributed by atoms with E-state index in [9.17, 15) is 25.5 Å². The zero-order valence-corrected chi connectivity index (χ0v) is 19.9. The Morgan fingerprint density at radius 3 is 0.784 bits per heavy atom. The summed E-state index contributed by atoms with van der Waals surface area (Å²) in [6, 6.07) is 35.0. The molecule has 0 bridgehead atoms. The predicted molar refractivity (Wildman–Crippen MR) is 142 cm³/mol. The summed E-state index contributed by atoms with van der Waals surface area (Å²) in [7, 11) is 0. The van der Waals surface area contributed by atoms with Crippen LogP contribution in [0.15, 0.2) is 121 Å². The molecule has 0 radical (unpaired) electrons. The summed E-state index contributed by atoms with van der Waals surface area (Å²) < 4.78 is 0. The van der Waals surface area contributed by atoms with Crippen LogP contribution in [0.2, 0.25) is 0 Å². The van der Waals surface area contributed by atoms with Gasteiger partial charge in [-0.15, -0.1) is 0 Å². The molecule has 5 aromatic rings. The second-order valence-electron chi connectivity index (χ2n) is 9.06. The lowest BCUT2D eigenvalue weighted by Gasteiger charge is -2.43. The molecule has 0 unspecified atom stereocenters. The maximum Gasteiger partial charge on any atom is 0.115 e. The van der Waals surface area contributed by atoms with E-state index in [2.05, 4.69) is 0 Å². The van der Waals surface area contributed by atoms with Crippen molar-refractivity contribution in [2.75, 3.05) is 0 Å². The minimum absolute atomic E-state index is 0.125. The van der Waals surface area contributed by atoms with Gasteiger partial charge < -0.3 is 25.5 Å². The average Bonchev–Trinajstić information content (AvgIpc) is 2.91. The van der Waals surface area contributed by atoms with E-state index in [-0.39, 0.29) is 28.7 Å². The lowest BCUT2D eigenvalue weighted by Crippen LogP contribution is -2.37. The fourth-order valence-corrected chi connectivity index (χ4v) is 5.20. The van der Waals surface area contributed by atoms with Crippen molar-refractivity contribution in [3.8, 4) is 28.7 Å². The monoisotopic (exact) mass is 490 g/mol. The van der Waals surface area contributed by atoms with Crippen LogP contribution in [-0.2, 0) is 5.41 Å². The Morgan fingerprint density at radius 2 is 0.541 bits per heavy atom. The van der Waals surface area contributed by atoms with Crippen molar-refractivity contribution in [2.24, 2.45) is 0 Å². The van der Waals surface area contributed by atoms with E-state index < -0.39 is 11.3 Å². The third-order valence-electron chi connectivity index (χ3n) is 6.85. The molecule has 0 fully saturated rings. The third kappa shape index (κ3) is 4.43. The molecule has 184 valence electrons. The number of hydrogen-bond donors (Lipinski definition) is 5. The van der Waals surface area contributed by atoms with Gasteiger partial charge in [-0.05, 0) is 88.5 Å². The number of phenolic OH excluding ortho intramolecular Hbond substituents is 5. The first kappa shape index (κ1) is 23.8. The zero-order valence-electron chi connectivity index (χ0n) is 19.9. The number of rotatable bonds is 6. The van der Waals surface area contributed by atoms with Gasteiger partial charge in [0, 0.05) is 5.92 Å². The summed E-state index contributed by atoms with van der Waals surface area (Å²) in [4.78, 5) is 0. The number of benzene rings is 5. The summed E-state index contributed by atoms with van der Waals surface area (Å²) in [5.74, 6) is 0.252. The topological polar surface area (TPSA) is 101 Å². The largest absolute Gasteiger partial charge is 0.508 e. The lowest BCUT2D eigenvalue weighted by atomic mass is 9.58. The molecule has 37 heavy (non-hydrogen) atoms. The highest BCUT2D eigenvalue weighted by atomic mass is 16.3. The number of aromatic hydroxyl groups is 5. The normalized spacial score (nSPS) is 11.5. The van der Waals surface area contributed by atoms with Gasteiger partial charge in [-0.1, -0.05) is 60.7 Å². The molecule has 0 amide bonds. The van der Waals surface area contributed by atoms with Gasteiger partial charge >= 0.3 is 0 Å². The van der Waals surface area contributed by atoms with Gasteiger partial charge in [0.2, 0.25) is 0 Å². The molecule has 0 aliphatic heterocycles. The van der Waals surface area contributed by atoms with Crippen molar-refractivity contribution < 1.29 is 25.5 Å². The molecule has 0 saturated carbocycles. The Morgan fingerprint density at radius 1 is 0.324 bits per heavy atom. The zero-order chi connectivity index (χ0) is 26.0. The first-order valence-corrected chi connectivity index (χ1v) is 11.8. The quantitative estimate of drug-likeness (QED) is 0.178. The van der Waals surface area contributed by atoms with Crippen molar-refractivity contribution in [1.82, 2.24) is 0 Å². The van der Waals surface area contributed by atoms with Crippen LogP contribution in [0, 0.1) is 0 Å². The van der Waals surface area contributed by atoms with Crippen LogP contribution in [0.25, 0.3) is 0 Å². The smallest absolute Gasteiger partial charge is 0.115 e. The van der Waals surface area contributed by atoms with Crippen LogP contribution in [0.1, 0.15) is 33.7 Å². The van der Waals surface area contributed by atoms with Crippen LogP contribution in [0.5, 0.6) is 28.7 Å². The molecule has 5 N–H and O–H groups in total. The molecular formula is C32H26O5. The average molecular weight is 491 g/mol. The summed E-state index contributed by atoms with van der Waals surface area (Å²) in [6.07, 6.45) is 0. The molecule has 0 heterocycles. The summed E-state index contributed by atoms with van der Waals surface area (Å²) in [5.41, 5.74) is 3.41. The molecule has 0 saturated heterocycles. The molecule has 0 aromatic heterocycles. The predicted octanol–water partition coefficient (Wildman–Crippen LogP) is 6.38. The highest BCUT2D eigenvalue weighted by molar-refractivity contribution is 5.60. The van der Waals surface area contributed by atoms with Crippen LogP contribution in [0.3, 0.4) is 0 Å². The molecule has 5 rings (SSSR count). The molecule has 5 heteroatoms. The van der Waals surface area contributed by atoms with Crippen LogP contribution >= 0.6 is 0 Å². The molecule has 5 nitrogen and oxygen atoms in total. The minimum Gasteiger partial charge on any atom is -0.508 e. The third-order valence-corrected chi connectivity index (χ3v) is 6.85. The summed E-state index contributed by atoms with van der Waals surface area (Å²) in [6.45, 7) is 0. The highest BCUT2D eigenvalue weighted by Gasteiger charge is 2.45. The van der Waals surface area contributed by atoms with Gasteiger partial charge in [-0.25, -0.2) is 0 Å². The van der Waals surface area contributed by atoms with Crippen LogP contribution in [-0.4, -0.2) is 25.5 Å². The SMILES string of the molecule is Oc1ccc(C(c2ccc(O)cc2)C(c2ccc(O)cc2)(c2ccc(O)cc2)c2ccc(O)cc2)cc1. The van der Waals surface area contributed by atoms with E-state index in [1.54, 1.807) is 60.7 Å². The Kier molecular flexibility index (Phi) is 6.20. The fraction of sp³-hybridized carbons (Fsp3) is 0.0625. The second-order valence-corrected chi connectivity index (χ2v) is 9.06. The molecule has 0 atom stereocenters. The van der Waals surface area contributed by atoms with Gasteiger partial charge in [0.1, 0.15) is 28.7 Å². The van der Waals surface area contributed by atoms with Gasteiger partial charge in [-0.3, -0.25) is 0 Å². The maximum atomic E-state index is 10.1. The van der Waals surface area contributed by atoms with Crippen molar-refractivity contribution in [3.05, 3.63) is 149 Å². The molecule has 5 aromatic carbocycles. The molecular weight excluding hydrogens is 464 g/mol. The van der Waals surface area contributed by atoms with E-state index in [0.717, 1.165) is 27.8 Å². The van der Waals surface area contributed by atoms with E-state index in [0.29, 0.717) is 0 Å². The van der Waals surface area contributed by atoms with Crippen molar-refractivity contribution in [3.63, 3.8) is 0 Å². The summed E-state index contributed by atoms with van der Waals surface area (Å²) in [5, 5.41) is 50.6. The number of hydrogen-bond acceptors (Lipinski definition) is 5. The molecule has 0 aliphatic rings. The Balaban J connectivity index is 1.95. The van der Waals surface area contributed by atoms with E-state index in [1.807, 2.05) is 60.7 Å². The van der Waals surface area contributed by atoms with E-state index in [4.69, 9.17) is 0 Å². The number of phenols is 5. The van der Waals surface area contributed by atoms with Gasteiger partial charge in [-0.2, -0.15) is 0 Å². The first-order valence-electron chi connectivity index (χ1n) is 11.8. The van der Waals surface area contributed by atoms with Gasteiger partial charge in [0.05, 0.1) is 5.41 Å². The maximum absolute atomic E-state index is 10.1. The second kappa shape index (κ2) is 9.63. The Hall–Kier alpha value is -4.90. The minimum atomic E-state index is -0.928. The van der Waals surface area contributed by atoms with E-state index in [1.165, 1.54) is 0 Å². The van der Waals surface area contributed by atoms with Gasteiger partial charge in [0.15, 0.2) is 0 Å². The summed E-state index contributed by atoms with van der Waals surface area (Å²) >= 11 is 0. The van der Waals surface area contributed by atoms with Crippen LogP contribution < -0.4 is 0 Å². The van der Waals surface area contributed by atoms with E-state index >= 15 is 0 Å². The molecule has 0 aliphatic carbocycles. The highest BCUT2D eigenvalue weighted by Crippen LogP contribution is 2.53. The standard InChI is InChI=1S/C32H26O5/c33-26-11-1-21(2-12-26)31(22-3-13-27(34)14-4-22)32(23-5-15-28(35)16-6-23,24-7-17-29(36)18-8-24)25-9-19-30(37)20-10-25/h1-20,31,33-37H. The van der Waals surface area contributed by atoms with Gasteiger partial charge in [0.25, 0.3) is 0 Å². The molecule has 0 spiro atoms. The first-order chi connectivity index (χ1) is 17.9. The van der Waals surface area contributed by atoms with Crippen molar-refractivity contribution >= 4 is 0 Å².